The third kappa shape index (κ3) is 5.69. The van der Waals surface area contributed by atoms with Crippen LogP contribution in [0.1, 0.15) is 38.7 Å². The van der Waals surface area contributed by atoms with Crippen LogP contribution in [-0.2, 0) is 6.54 Å². The summed E-state index contributed by atoms with van der Waals surface area (Å²) in [5.41, 5.74) is 1.60. The molecule has 0 spiro atoms. The third-order valence-electron chi connectivity index (χ3n) is 5.29. The van der Waals surface area contributed by atoms with Crippen LogP contribution < -0.4 is 20.1 Å². The van der Waals surface area contributed by atoms with Gasteiger partial charge in [0, 0.05) is 24.4 Å². The first-order chi connectivity index (χ1) is 15.4. The van der Waals surface area contributed by atoms with Gasteiger partial charge in [-0.05, 0) is 31.5 Å². The molecule has 9 heteroatoms. The Morgan fingerprint density at radius 2 is 1.97 bits per heavy atom. The molecule has 3 rings (SSSR count). The first-order valence-corrected chi connectivity index (χ1v) is 11.0. The molecule has 0 radical (unpaired) electrons. The number of pyridine rings is 1. The number of halogens is 1. The van der Waals surface area contributed by atoms with Crippen molar-refractivity contribution in [3.8, 4) is 11.5 Å². The topological polar surface area (TPSA) is 101 Å². The molecule has 0 saturated heterocycles. The molecule has 0 unspecified atom stereocenters. The fourth-order valence-electron chi connectivity index (χ4n) is 3.37. The number of hydrogen-bond acceptors (Lipinski definition) is 8. The van der Waals surface area contributed by atoms with Crippen LogP contribution in [0.3, 0.4) is 0 Å². The molecule has 32 heavy (non-hydrogen) atoms. The Hall–Kier alpha value is -2.84. The van der Waals surface area contributed by atoms with Crippen molar-refractivity contribution in [3.05, 3.63) is 41.0 Å². The zero-order valence-corrected chi connectivity index (χ0v) is 19.7. The second-order valence-corrected chi connectivity index (χ2v) is 8.33. The molecule has 8 nitrogen and oxygen atoms in total. The smallest absolute Gasteiger partial charge is 0.225 e. The quantitative estimate of drug-likeness (QED) is 0.380. The van der Waals surface area contributed by atoms with Gasteiger partial charge in [0.25, 0.3) is 0 Å². The fourth-order valence-corrected chi connectivity index (χ4v) is 3.52. The summed E-state index contributed by atoms with van der Waals surface area (Å²) in [6.45, 7) is 4.51. The van der Waals surface area contributed by atoms with E-state index in [4.69, 9.17) is 21.1 Å². The molecule has 0 bridgehead atoms. The van der Waals surface area contributed by atoms with Crippen LogP contribution in [0.15, 0.2) is 30.5 Å². The predicted octanol–water partition coefficient (Wildman–Crippen LogP) is 4.66. The summed E-state index contributed by atoms with van der Waals surface area (Å²) in [5, 5.41) is 17.2. The number of fused-ring (bicyclic) bond motifs is 1. The molecule has 0 aliphatic rings. The van der Waals surface area contributed by atoms with Crippen molar-refractivity contribution in [2.24, 2.45) is 0 Å². The summed E-state index contributed by atoms with van der Waals surface area (Å²) in [6, 6.07) is 7.38. The van der Waals surface area contributed by atoms with E-state index in [1.54, 1.807) is 26.5 Å². The largest absolute Gasteiger partial charge is 0.497 e. The summed E-state index contributed by atoms with van der Waals surface area (Å²) >= 11 is 6.16. The summed E-state index contributed by atoms with van der Waals surface area (Å²) in [5.74, 6) is 2.38. The van der Waals surface area contributed by atoms with Gasteiger partial charge in [-0.2, -0.15) is 4.98 Å². The van der Waals surface area contributed by atoms with Gasteiger partial charge in [-0.25, -0.2) is 9.97 Å². The number of aromatic nitrogens is 3. The van der Waals surface area contributed by atoms with Crippen LogP contribution >= 0.6 is 11.6 Å². The SMILES string of the molecule is CCCC[C@](C)(CO)Nc1nc(NCc2ccc(OC)cc2OC)nc2cc(Cl)cnc12. The molecule has 0 aliphatic carbocycles. The molecule has 1 aromatic carbocycles. The lowest BCUT2D eigenvalue weighted by atomic mass is 9.96. The zero-order valence-electron chi connectivity index (χ0n) is 18.9. The first kappa shape index (κ1) is 23.8. The third-order valence-corrected chi connectivity index (χ3v) is 5.49. The normalized spacial score (nSPS) is 12.9. The summed E-state index contributed by atoms with van der Waals surface area (Å²) in [6.07, 6.45) is 4.38. The number of methoxy groups -OCH3 is 2. The van der Waals surface area contributed by atoms with Gasteiger partial charge in [0.2, 0.25) is 5.95 Å². The summed E-state index contributed by atoms with van der Waals surface area (Å²) < 4.78 is 10.7. The molecule has 0 fully saturated rings. The number of nitrogens with zero attached hydrogens (tertiary/aromatic N) is 3. The number of hydrogen-bond donors (Lipinski definition) is 3. The first-order valence-electron chi connectivity index (χ1n) is 10.6. The Morgan fingerprint density at radius 3 is 2.66 bits per heavy atom. The maximum atomic E-state index is 10.0. The van der Waals surface area contributed by atoms with E-state index in [1.807, 2.05) is 25.1 Å². The van der Waals surface area contributed by atoms with Crippen molar-refractivity contribution < 1.29 is 14.6 Å². The molecule has 3 N–H and O–H groups in total. The second-order valence-electron chi connectivity index (χ2n) is 7.90. The van der Waals surface area contributed by atoms with Crippen LogP contribution in [0, 0.1) is 0 Å². The minimum atomic E-state index is -0.533. The van der Waals surface area contributed by atoms with Crippen molar-refractivity contribution in [3.63, 3.8) is 0 Å². The van der Waals surface area contributed by atoms with Crippen LogP contribution in [0.4, 0.5) is 11.8 Å². The van der Waals surface area contributed by atoms with Crippen molar-refractivity contribution >= 4 is 34.4 Å². The molecule has 0 aliphatic heterocycles. The number of unbranched alkanes of at least 4 members (excludes halogenated alkanes) is 1. The van der Waals surface area contributed by atoms with Gasteiger partial charge in [-0.15, -0.1) is 0 Å². The van der Waals surface area contributed by atoms with Crippen molar-refractivity contribution in [1.29, 1.82) is 0 Å². The monoisotopic (exact) mass is 459 g/mol. The van der Waals surface area contributed by atoms with Gasteiger partial charge < -0.3 is 25.2 Å². The van der Waals surface area contributed by atoms with E-state index in [0.717, 1.165) is 30.6 Å². The Labute approximate surface area is 193 Å². The molecule has 0 amide bonds. The molecule has 2 aromatic heterocycles. The van der Waals surface area contributed by atoms with Crippen LogP contribution in [0.25, 0.3) is 11.0 Å². The van der Waals surface area contributed by atoms with Crippen LogP contribution in [0.5, 0.6) is 11.5 Å². The standard InChI is InChI=1S/C23H30ClN5O3/c1-5-6-9-23(2,14-30)29-21-20-18(10-16(24)13-25-20)27-22(28-21)26-12-15-7-8-17(31-3)11-19(15)32-4/h7-8,10-11,13,30H,5-6,9,12,14H2,1-4H3,(H2,26,27,28,29)/t23-/m1/s1. The highest BCUT2D eigenvalue weighted by Crippen LogP contribution is 2.28. The number of aliphatic hydroxyl groups excluding tert-OH is 1. The van der Waals surface area contributed by atoms with Crippen molar-refractivity contribution in [2.75, 3.05) is 31.5 Å². The zero-order chi connectivity index (χ0) is 23.1. The van der Waals surface area contributed by atoms with E-state index < -0.39 is 5.54 Å². The Kier molecular flexibility index (Phi) is 7.93. The molecule has 1 atom stereocenters. The number of nitrogens with one attached hydrogen (secondary N) is 2. The van der Waals surface area contributed by atoms with Gasteiger partial charge >= 0.3 is 0 Å². The van der Waals surface area contributed by atoms with Gasteiger partial charge in [-0.3, -0.25) is 0 Å². The molecule has 0 saturated carbocycles. The van der Waals surface area contributed by atoms with Gasteiger partial charge in [0.1, 0.15) is 17.0 Å². The lowest BCUT2D eigenvalue weighted by Gasteiger charge is -2.29. The maximum absolute atomic E-state index is 10.0. The molecular weight excluding hydrogens is 430 g/mol. The number of aliphatic hydroxyl groups is 1. The van der Waals surface area contributed by atoms with Gasteiger partial charge in [-0.1, -0.05) is 31.4 Å². The van der Waals surface area contributed by atoms with Crippen molar-refractivity contribution in [2.45, 2.75) is 45.2 Å². The number of ether oxygens (including phenoxy) is 2. The summed E-state index contributed by atoms with van der Waals surface area (Å²) in [7, 11) is 3.23. The van der Waals surface area contributed by atoms with E-state index in [2.05, 4.69) is 32.5 Å². The van der Waals surface area contributed by atoms with Crippen molar-refractivity contribution in [1.82, 2.24) is 15.0 Å². The Balaban J connectivity index is 1.92. The number of anilines is 2. The fraction of sp³-hybridized carbons (Fsp3) is 0.435. The highest BCUT2D eigenvalue weighted by Gasteiger charge is 2.25. The van der Waals surface area contributed by atoms with Crippen LogP contribution in [0.2, 0.25) is 5.02 Å². The lowest BCUT2D eigenvalue weighted by Crippen LogP contribution is -2.39. The summed E-state index contributed by atoms with van der Waals surface area (Å²) in [4.78, 5) is 13.7. The van der Waals surface area contributed by atoms with E-state index in [0.29, 0.717) is 40.1 Å². The molecule has 172 valence electrons. The average molecular weight is 460 g/mol. The second kappa shape index (κ2) is 10.7. The molecular formula is C23H30ClN5O3. The molecule has 2 heterocycles. The van der Waals surface area contributed by atoms with Gasteiger partial charge in [0.15, 0.2) is 5.82 Å². The highest BCUT2D eigenvalue weighted by atomic mass is 35.5. The Bertz CT molecular complexity index is 1070. The minimum Gasteiger partial charge on any atom is -0.497 e. The maximum Gasteiger partial charge on any atom is 0.225 e. The average Bonchev–Trinajstić information content (AvgIpc) is 2.81. The number of benzene rings is 1. The number of rotatable bonds is 11. The lowest BCUT2D eigenvalue weighted by molar-refractivity contribution is 0.212. The van der Waals surface area contributed by atoms with E-state index in [9.17, 15) is 5.11 Å². The highest BCUT2D eigenvalue weighted by molar-refractivity contribution is 6.31. The van der Waals surface area contributed by atoms with E-state index >= 15 is 0 Å². The van der Waals surface area contributed by atoms with Gasteiger partial charge in [0.05, 0.1) is 36.9 Å². The van der Waals surface area contributed by atoms with E-state index in [1.165, 1.54) is 0 Å². The molecule has 3 aromatic rings. The minimum absolute atomic E-state index is 0.0299. The van der Waals surface area contributed by atoms with E-state index in [-0.39, 0.29) is 6.61 Å². The predicted molar refractivity (Wildman–Crippen MR) is 128 cm³/mol. The van der Waals surface area contributed by atoms with Crippen LogP contribution in [-0.4, -0.2) is 46.4 Å². The Morgan fingerprint density at radius 1 is 1.16 bits per heavy atom.